The summed E-state index contributed by atoms with van der Waals surface area (Å²) in [6, 6.07) is 0.783. The molecule has 2 N–H and O–H groups in total. The third kappa shape index (κ3) is 3.56. The molecule has 1 saturated carbocycles. The van der Waals surface area contributed by atoms with Gasteiger partial charge in [0.1, 0.15) is 0 Å². The molecular formula is C14H25N3. The van der Waals surface area contributed by atoms with E-state index in [-0.39, 0.29) is 0 Å². The SMILES string of the molecule is CCC1CCC(NCCCc2cn[nH]c2C)C1. The van der Waals surface area contributed by atoms with Crippen molar-refractivity contribution in [1.29, 1.82) is 0 Å². The standard InChI is InChI=1S/C14H25N3/c1-3-12-6-7-14(9-12)15-8-4-5-13-10-16-17-11(13)2/h10,12,14-15H,3-9H2,1-2H3,(H,16,17). The molecule has 0 aromatic carbocycles. The molecule has 1 aliphatic carbocycles. The first-order valence-electron chi connectivity index (χ1n) is 7.01. The van der Waals surface area contributed by atoms with E-state index in [4.69, 9.17) is 0 Å². The number of nitrogens with zero attached hydrogens (tertiary/aromatic N) is 1. The van der Waals surface area contributed by atoms with Crippen LogP contribution in [0.1, 0.15) is 50.3 Å². The molecule has 1 aliphatic rings. The summed E-state index contributed by atoms with van der Waals surface area (Å²) >= 11 is 0. The molecule has 1 heterocycles. The van der Waals surface area contributed by atoms with Crippen LogP contribution in [0.25, 0.3) is 0 Å². The molecule has 0 radical (unpaired) electrons. The quantitative estimate of drug-likeness (QED) is 0.744. The van der Waals surface area contributed by atoms with E-state index in [1.807, 2.05) is 6.20 Å². The van der Waals surface area contributed by atoms with Crippen molar-refractivity contribution in [1.82, 2.24) is 15.5 Å². The van der Waals surface area contributed by atoms with Crippen LogP contribution in [0.3, 0.4) is 0 Å². The van der Waals surface area contributed by atoms with Gasteiger partial charge >= 0.3 is 0 Å². The molecule has 96 valence electrons. The summed E-state index contributed by atoms with van der Waals surface area (Å²) in [4.78, 5) is 0. The molecule has 0 amide bonds. The van der Waals surface area contributed by atoms with E-state index < -0.39 is 0 Å². The number of aryl methyl sites for hydroxylation is 2. The molecule has 0 aliphatic heterocycles. The fraction of sp³-hybridized carbons (Fsp3) is 0.786. The average molecular weight is 235 g/mol. The van der Waals surface area contributed by atoms with Crippen molar-refractivity contribution < 1.29 is 0 Å². The van der Waals surface area contributed by atoms with Gasteiger partial charge in [0, 0.05) is 11.7 Å². The van der Waals surface area contributed by atoms with Crippen LogP contribution in [0.4, 0.5) is 0 Å². The lowest BCUT2D eigenvalue weighted by molar-refractivity contribution is 0.473. The van der Waals surface area contributed by atoms with Gasteiger partial charge in [0.05, 0.1) is 6.20 Å². The van der Waals surface area contributed by atoms with Gasteiger partial charge in [-0.05, 0) is 57.1 Å². The lowest BCUT2D eigenvalue weighted by Crippen LogP contribution is -2.27. The van der Waals surface area contributed by atoms with Gasteiger partial charge in [0.2, 0.25) is 0 Å². The van der Waals surface area contributed by atoms with Crippen molar-refractivity contribution in [3.05, 3.63) is 17.5 Å². The van der Waals surface area contributed by atoms with Gasteiger partial charge < -0.3 is 5.32 Å². The van der Waals surface area contributed by atoms with Crippen LogP contribution in [-0.4, -0.2) is 22.8 Å². The van der Waals surface area contributed by atoms with Gasteiger partial charge in [-0.1, -0.05) is 13.3 Å². The Morgan fingerprint density at radius 1 is 1.47 bits per heavy atom. The highest BCUT2D eigenvalue weighted by Crippen LogP contribution is 2.27. The van der Waals surface area contributed by atoms with Gasteiger partial charge in [0.15, 0.2) is 0 Å². The summed E-state index contributed by atoms with van der Waals surface area (Å²) < 4.78 is 0. The van der Waals surface area contributed by atoms with Gasteiger partial charge in [-0.3, -0.25) is 5.10 Å². The van der Waals surface area contributed by atoms with Gasteiger partial charge in [-0.25, -0.2) is 0 Å². The predicted octanol–water partition coefficient (Wildman–Crippen LogP) is 2.82. The van der Waals surface area contributed by atoms with Crippen LogP contribution in [0, 0.1) is 12.8 Å². The Balaban J connectivity index is 1.59. The zero-order valence-electron chi connectivity index (χ0n) is 11.1. The maximum atomic E-state index is 4.05. The summed E-state index contributed by atoms with van der Waals surface area (Å²) in [6.07, 6.45) is 9.86. The summed E-state index contributed by atoms with van der Waals surface area (Å²) in [6.45, 7) is 5.55. The fourth-order valence-electron chi connectivity index (χ4n) is 2.84. The molecule has 2 rings (SSSR count). The monoisotopic (exact) mass is 235 g/mol. The minimum absolute atomic E-state index is 0.783. The second kappa shape index (κ2) is 6.20. The molecule has 17 heavy (non-hydrogen) atoms. The first kappa shape index (κ1) is 12.6. The van der Waals surface area contributed by atoms with E-state index in [0.717, 1.165) is 24.9 Å². The molecule has 0 saturated heterocycles. The van der Waals surface area contributed by atoms with E-state index in [2.05, 4.69) is 29.4 Å². The van der Waals surface area contributed by atoms with Crippen LogP contribution in [0.2, 0.25) is 0 Å². The van der Waals surface area contributed by atoms with Gasteiger partial charge in [0.25, 0.3) is 0 Å². The molecule has 0 bridgehead atoms. The summed E-state index contributed by atoms with van der Waals surface area (Å²) in [7, 11) is 0. The van der Waals surface area contributed by atoms with Crippen LogP contribution in [-0.2, 0) is 6.42 Å². The molecule has 2 atom stereocenters. The minimum atomic E-state index is 0.783. The zero-order valence-corrected chi connectivity index (χ0v) is 11.1. The molecule has 2 unspecified atom stereocenters. The van der Waals surface area contributed by atoms with Crippen molar-refractivity contribution >= 4 is 0 Å². The van der Waals surface area contributed by atoms with Crippen LogP contribution in [0.5, 0.6) is 0 Å². The number of nitrogens with one attached hydrogen (secondary N) is 2. The second-order valence-corrected chi connectivity index (χ2v) is 5.36. The molecule has 1 fully saturated rings. The third-order valence-corrected chi connectivity index (χ3v) is 4.11. The van der Waals surface area contributed by atoms with E-state index in [9.17, 15) is 0 Å². The maximum absolute atomic E-state index is 4.05. The summed E-state index contributed by atoms with van der Waals surface area (Å²) in [5, 5.41) is 10.7. The van der Waals surface area contributed by atoms with Crippen molar-refractivity contribution in [2.75, 3.05) is 6.54 Å². The molecule has 3 heteroatoms. The topological polar surface area (TPSA) is 40.7 Å². The number of aromatic amines is 1. The minimum Gasteiger partial charge on any atom is -0.314 e. The molecule has 1 aromatic heterocycles. The zero-order chi connectivity index (χ0) is 12.1. The third-order valence-electron chi connectivity index (χ3n) is 4.11. The average Bonchev–Trinajstić information content (AvgIpc) is 2.94. The number of hydrogen-bond acceptors (Lipinski definition) is 2. The first-order valence-corrected chi connectivity index (χ1v) is 7.01. The molecule has 0 spiro atoms. The highest BCUT2D eigenvalue weighted by atomic mass is 15.1. The second-order valence-electron chi connectivity index (χ2n) is 5.36. The largest absolute Gasteiger partial charge is 0.314 e. The van der Waals surface area contributed by atoms with Crippen molar-refractivity contribution in [2.45, 2.75) is 58.4 Å². The van der Waals surface area contributed by atoms with E-state index in [0.29, 0.717) is 0 Å². The fourth-order valence-corrected chi connectivity index (χ4v) is 2.84. The summed E-state index contributed by atoms with van der Waals surface area (Å²) in [5.74, 6) is 0.976. The smallest absolute Gasteiger partial charge is 0.0522 e. The summed E-state index contributed by atoms with van der Waals surface area (Å²) in [5.41, 5.74) is 2.58. The van der Waals surface area contributed by atoms with Gasteiger partial charge in [-0.15, -0.1) is 0 Å². The van der Waals surface area contributed by atoms with Crippen molar-refractivity contribution in [3.8, 4) is 0 Å². The van der Waals surface area contributed by atoms with E-state index in [1.54, 1.807) is 0 Å². The Bertz CT molecular complexity index is 332. The predicted molar refractivity (Wildman–Crippen MR) is 71.1 cm³/mol. The highest BCUT2D eigenvalue weighted by molar-refractivity contribution is 5.14. The van der Waals surface area contributed by atoms with Crippen molar-refractivity contribution in [2.24, 2.45) is 5.92 Å². The van der Waals surface area contributed by atoms with Crippen LogP contribution in [0.15, 0.2) is 6.20 Å². The lowest BCUT2D eigenvalue weighted by Gasteiger charge is -2.12. The first-order chi connectivity index (χ1) is 8.29. The highest BCUT2D eigenvalue weighted by Gasteiger charge is 2.22. The Morgan fingerprint density at radius 3 is 3.00 bits per heavy atom. The Kier molecular flexibility index (Phi) is 4.60. The molecule has 3 nitrogen and oxygen atoms in total. The van der Waals surface area contributed by atoms with E-state index in [1.165, 1.54) is 43.4 Å². The Labute approximate surface area is 104 Å². The number of hydrogen-bond donors (Lipinski definition) is 2. The van der Waals surface area contributed by atoms with Crippen LogP contribution >= 0.6 is 0 Å². The molecular weight excluding hydrogens is 210 g/mol. The normalized spacial score (nSPS) is 24.4. The number of aromatic nitrogens is 2. The number of H-pyrrole nitrogens is 1. The van der Waals surface area contributed by atoms with Crippen molar-refractivity contribution in [3.63, 3.8) is 0 Å². The van der Waals surface area contributed by atoms with Gasteiger partial charge in [-0.2, -0.15) is 5.10 Å². The molecule has 1 aromatic rings. The maximum Gasteiger partial charge on any atom is 0.0522 e. The Morgan fingerprint density at radius 2 is 2.35 bits per heavy atom. The van der Waals surface area contributed by atoms with Crippen LogP contribution < -0.4 is 5.32 Å². The Hall–Kier alpha value is -0.830. The van der Waals surface area contributed by atoms with E-state index >= 15 is 0 Å². The lowest BCUT2D eigenvalue weighted by atomic mass is 10.1. The number of rotatable bonds is 6.